The van der Waals surface area contributed by atoms with Gasteiger partial charge in [0.1, 0.15) is 0 Å². The lowest BCUT2D eigenvalue weighted by molar-refractivity contribution is -0.123. The Labute approximate surface area is 200 Å². The molecule has 3 unspecified atom stereocenters. The van der Waals surface area contributed by atoms with Crippen LogP contribution in [-0.2, 0) is 15.0 Å². The van der Waals surface area contributed by atoms with Gasteiger partial charge in [-0.15, -0.1) is 0 Å². The molecule has 1 spiro atoms. The normalized spacial score (nSPS) is 24.6. The Morgan fingerprint density at radius 3 is 2.06 bits per heavy atom. The highest BCUT2D eigenvalue weighted by Crippen LogP contribution is 2.57. The Morgan fingerprint density at radius 1 is 0.781 bits per heavy atom. The van der Waals surface area contributed by atoms with Gasteiger partial charge in [0.25, 0.3) is 0 Å². The number of hydrogen-bond donors (Lipinski definition) is 2. The molecule has 1 fully saturated rings. The van der Waals surface area contributed by atoms with Crippen molar-refractivity contribution in [2.45, 2.75) is 23.7 Å². The summed E-state index contributed by atoms with van der Waals surface area (Å²) in [6.45, 7) is 0.297. The molecule has 32 heavy (non-hydrogen) atoms. The molecular formula is C25H19Cl3N2O2. The molecule has 3 aromatic carbocycles. The van der Waals surface area contributed by atoms with Gasteiger partial charge in [-0.05, 0) is 53.1 Å². The van der Waals surface area contributed by atoms with Crippen LogP contribution in [0, 0.1) is 0 Å². The van der Waals surface area contributed by atoms with Gasteiger partial charge in [-0.3, -0.25) is 9.59 Å². The molecule has 2 aliphatic rings. The number of anilines is 1. The molecule has 1 saturated heterocycles. The third-order valence-corrected chi connectivity index (χ3v) is 7.25. The zero-order valence-electron chi connectivity index (χ0n) is 16.9. The molecule has 2 heterocycles. The number of carbonyl (C=O) groups is 2. The molecule has 3 atom stereocenters. The molecule has 0 aromatic heterocycles. The van der Waals surface area contributed by atoms with Crippen molar-refractivity contribution < 1.29 is 9.59 Å². The molecular weight excluding hydrogens is 467 g/mol. The summed E-state index contributed by atoms with van der Waals surface area (Å²) in [6.07, 6.45) is 0.146. The summed E-state index contributed by atoms with van der Waals surface area (Å²) in [4.78, 5) is 26.8. The van der Waals surface area contributed by atoms with Crippen molar-refractivity contribution in [3.05, 3.63) is 98.5 Å². The van der Waals surface area contributed by atoms with E-state index in [0.29, 0.717) is 27.3 Å². The Kier molecular flexibility index (Phi) is 5.40. The minimum Gasteiger partial charge on any atom is -0.355 e. The van der Waals surface area contributed by atoms with E-state index in [1.807, 2.05) is 42.5 Å². The first-order valence-electron chi connectivity index (χ1n) is 10.3. The summed E-state index contributed by atoms with van der Waals surface area (Å²) in [7, 11) is 0. The van der Waals surface area contributed by atoms with Crippen LogP contribution in [0.25, 0.3) is 0 Å². The Balaban J connectivity index is 1.83. The number of rotatable bonds is 2. The van der Waals surface area contributed by atoms with Gasteiger partial charge in [0.2, 0.25) is 11.8 Å². The lowest BCUT2D eigenvalue weighted by atomic mass is 9.59. The summed E-state index contributed by atoms with van der Waals surface area (Å²) < 4.78 is 0. The second-order valence-corrected chi connectivity index (χ2v) is 9.55. The van der Waals surface area contributed by atoms with E-state index in [0.717, 1.165) is 16.7 Å². The van der Waals surface area contributed by atoms with Crippen molar-refractivity contribution >= 4 is 52.3 Å². The van der Waals surface area contributed by atoms with Gasteiger partial charge in [0, 0.05) is 45.6 Å². The van der Waals surface area contributed by atoms with Gasteiger partial charge in [0.15, 0.2) is 0 Å². The lowest BCUT2D eigenvalue weighted by Crippen LogP contribution is -2.46. The highest BCUT2D eigenvalue weighted by Gasteiger charge is 2.59. The van der Waals surface area contributed by atoms with Crippen LogP contribution < -0.4 is 10.6 Å². The molecule has 0 aliphatic carbocycles. The van der Waals surface area contributed by atoms with Crippen LogP contribution in [0.1, 0.15) is 34.9 Å². The number of fused-ring (bicyclic) bond motifs is 2. The van der Waals surface area contributed by atoms with E-state index in [1.165, 1.54) is 0 Å². The van der Waals surface area contributed by atoms with Gasteiger partial charge >= 0.3 is 0 Å². The first kappa shape index (κ1) is 21.3. The van der Waals surface area contributed by atoms with E-state index < -0.39 is 11.3 Å². The fourth-order valence-corrected chi connectivity index (χ4v) is 5.84. The first-order chi connectivity index (χ1) is 15.4. The van der Waals surface area contributed by atoms with E-state index in [4.69, 9.17) is 34.8 Å². The van der Waals surface area contributed by atoms with E-state index in [9.17, 15) is 9.59 Å². The number of carbonyl (C=O) groups excluding carboxylic acids is 2. The van der Waals surface area contributed by atoms with Crippen molar-refractivity contribution in [3.63, 3.8) is 0 Å². The van der Waals surface area contributed by atoms with E-state index in [-0.39, 0.29) is 24.2 Å². The maximum absolute atomic E-state index is 14.0. The van der Waals surface area contributed by atoms with Crippen LogP contribution >= 0.6 is 34.8 Å². The van der Waals surface area contributed by atoms with Gasteiger partial charge < -0.3 is 10.6 Å². The molecule has 0 bridgehead atoms. The van der Waals surface area contributed by atoms with Gasteiger partial charge in [-0.2, -0.15) is 0 Å². The quantitative estimate of drug-likeness (QED) is 0.473. The second-order valence-electron chi connectivity index (χ2n) is 8.24. The van der Waals surface area contributed by atoms with E-state index in [1.54, 1.807) is 24.3 Å². The average molecular weight is 486 g/mol. The van der Waals surface area contributed by atoms with Crippen molar-refractivity contribution in [3.8, 4) is 0 Å². The van der Waals surface area contributed by atoms with Crippen molar-refractivity contribution in [2.75, 3.05) is 11.9 Å². The minimum absolute atomic E-state index is 0.117. The molecule has 7 heteroatoms. The molecule has 162 valence electrons. The van der Waals surface area contributed by atoms with Gasteiger partial charge in [-0.1, -0.05) is 65.1 Å². The summed E-state index contributed by atoms with van der Waals surface area (Å²) in [5, 5.41) is 7.72. The molecule has 2 amide bonds. The minimum atomic E-state index is -1.06. The third kappa shape index (κ3) is 3.38. The predicted octanol–water partition coefficient (Wildman–Crippen LogP) is 5.92. The Hall–Kier alpha value is -2.53. The van der Waals surface area contributed by atoms with Crippen molar-refractivity contribution in [1.29, 1.82) is 0 Å². The number of nitrogens with one attached hydrogen (secondary N) is 2. The Bertz CT molecular complexity index is 1250. The Morgan fingerprint density at radius 2 is 1.41 bits per heavy atom. The largest absolute Gasteiger partial charge is 0.355 e. The SMILES string of the molecule is O=C1CC(c2cccc(Cl)c2)C2(C(=O)Nc3cc(Cl)ccc32)C(c2cccc(Cl)c2)CN1. The van der Waals surface area contributed by atoms with E-state index >= 15 is 0 Å². The highest BCUT2D eigenvalue weighted by molar-refractivity contribution is 6.31. The number of halogens is 3. The summed E-state index contributed by atoms with van der Waals surface area (Å²) in [6, 6.07) is 20.3. The molecule has 2 aliphatic heterocycles. The van der Waals surface area contributed by atoms with Gasteiger partial charge in [-0.25, -0.2) is 0 Å². The zero-order valence-corrected chi connectivity index (χ0v) is 19.1. The maximum atomic E-state index is 14.0. The summed E-state index contributed by atoms with van der Waals surface area (Å²) >= 11 is 18.9. The molecule has 2 N–H and O–H groups in total. The van der Waals surface area contributed by atoms with Crippen molar-refractivity contribution in [1.82, 2.24) is 5.32 Å². The molecule has 5 rings (SSSR count). The number of amides is 2. The maximum Gasteiger partial charge on any atom is 0.236 e. The van der Waals surface area contributed by atoms with E-state index in [2.05, 4.69) is 10.6 Å². The number of benzene rings is 3. The molecule has 0 radical (unpaired) electrons. The monoisotopic (exact) mass is 484 g/mol. The van der Waals surface area contributed by atoms with Crippen molar-refractivity contribution in [2.24, 2.45) is 0 Å². The molecule has 3 aromatic rings. The fraction of sp³-hybridized carbons (Fsp3) is 0.200. The lowest BCUT2D eigenvalue weighted by Gasteiger charge is -2.40. The van der Waals surface area contributed by atoms with Crippen LogP contribution in [0.15, 0.2) is 66.7 Å². The topological polar surface area (TPSA) is 58.2 Å². The van der Waals surface area contributed by atoms with Crippen LogP contribution in [0.2, 0.25) is 15.1 Å². The summed E-state index contributed by atoms with van der Waals surface area (Å²) in [5.74, 6) is -1.09. The summed E-state index contributed by atoms with van der Waals surface area (Å²) in [5.41, 5.74) is 2.13. The van der Waals surface area contributed by atoms with Crippen LogP contribution in [0.4, 0.5) is 5.69 Å². The number of hydrogen-bond acceptors (Lipinski definition) is 2. The van der Waals surface area contributed by atoms with Crippen LogP contribution in [0.3, 0.4) is 0 Å². The standard InChI is InChI=1S/C25H19Cl3N2O2/c26-16-5-1-3-14(9-16)20-12-23(31)29-13-21(15-4-2-6-17(27)10-15)25(20)19-8-7-18(28)11-22(19)30-24(25)32/h1-11,20-21H,12-13H2,(H,29,31)(H,30,32). The fourth-order valence-electron chi connectivity index (χ4n) is 5.27. The zero-order chi connectivity index (χ0) is 22.5. The average Bonchev–Trinajstić information content (AvgIpc) is 2.93. The third-order valence-electron chi connectivity index (χ3n) is 6.55. The van der Waals surface area contributed by atoms with Crippen LogP contribution in [-0.4, -0.2) is 18.4 Å². The van der Waals surface area contributed by atoms with Crippen LogP contribution in [0.5, 0.6) is 0 Å². The highest BCUT2D eigenvalue weighted by atomic mass is 35.5. The molecule has 4 nitrogen and oxygen atoms in total. The van der Waals surface area contributed by atoms with Gasteiger partial charge in [0.05, 0.1) is 5.41 Å². The second kappa shape index (κ2) is 8.11. The predicted molar refractivity (Wildman–Crippen MR) is 128 cm³/mol. The first-order valence-corrected chi connectivity index (χ1v) is 11.4. The molecule has 0 saturated carbocycles. The smallest absolute Gasteiger partial charge is 0.236 e.